The Hall–Kier alpha value is -0.540. The molecule has 0 aromatic carbocycles. The van der Waals surface area contributed by atoms with Gasteiger partial charge in [-0.05, 0) is 73.0 Å². The molecule has 1 aromatic rings. The van der Waals surface area contributed by atoms with E-state index in [0.717, 1.165) is 36.5 Å². The van der Waals surface area contributed by atoms with Crippen molar-refractivity contribution < 1.29 is 14.2 Å². The molecule has 57 heavy (non-hydrogen) atoms. The molecule has 6 nitrogen and oxygen atoms in total. The van der Waals surface area contributed by atoms with Crippen molar-refractivity contribution in [1.82, 2.24) is 15.0 Å². The summed E-state index contributed by atoms with van der Waals surface area (Å²) in [4.78, 5) is 13.5. The van der Waals surface area contributed by atoms with Crippen LogP contribution < -0.4 is 14.2 Å². The van der Waals surface area contributed by atoms with E-state index in [1.54, 1.807) is 0 Å². The van der Waals surface area contributed by atoms with Gasteiger partial charge < -0.3 is 14.2 Å². The van der Waals surface area contributed by atoms with Gasteiger partial charge in [0.2, 0.25) is 0 Å². The Morgan fingerprint density at radius 3 is 0.684 bits per heavy atom. The third-order valence-electron chi connectivity index (χ3n) is 10.5. The van der Waals surface area contributed by atoms with E-state index >= 15 is 0 Å². The van der Waals surface area contributed by atoms with Crippen LogP contribution in [0, 0.1) is 0 Å². The van der Waals surface area contributed by atoms with Gasteiger partial charge in [-0.25, -0.2) is 0 Å². The van der Waals surface area contributed by atoms with Crippen LogP contribution in [0.5, 0.6) is 18.0 Å². The molecule has 0 radical (unpaired) electrons. The van der Waals surface area contributed by atoms with Crippen molar-refractivity contribution in [2.75, 3.05) is 54.3 Å². The molecule has 0 aliphatic heterocycles. The van der Waals surface area contributed by atoms with Crippen molar-refractivity contribution >= 4 is 35.3 Å². The van der Waals surface area contributed by atoms with Crippen molar-refractivity contribution in [1.29, 1.82) is 0 Å². The van der Waals surface area contributed by atoms with E-state index in [1.165, 1.54) is 210 Å². The van der Waals surface area contributed by atoms with Crippen molar-refractivity contribution in [2.45, 2.75) is 233 Å². The van der Waals surface area contributed by atoms with E-state index in [1.807, 2.05) is 35.3 Å². The fourth-order valence-electron chi connectivity index (χ4n) is 6.87. The quantitative estimate of drug-likeness (QED) is 0.0596. The molecular formula is C48H93N3O3S3. The van der Waals surface area contributed by atoms with E-state index in [9.17, 15) is 0 Å². The third kappa shape index (κ3) is 40.6. The van der Waals surface area contributed by atoms with Gasteiger partial charge in [0.15, 0.2) is 0 Å². The minimum atomic E-state index is 0.320. The molecule has 0 aliphatic rings. The number of ether oxygens (including phenoxy) is 3. The van der Waals surface area contributed by atoms with E-state index in [0.29, 0.717) is 37.9 Å². The maximum atomic E-state index is 6.01. The van der Waals surface area contributed by atoms with Crippen LogP contribution in [0.3, 0.4) is 0 Å². The summed E-state index contributed by atoms with van der Waals surface area (Å²) >= 11 is 6.12. The number of thioether (sulfide) groups is 3. The highest BCUT2D eigenvalue weighted by Gasteiger charge is 2.11. The van der Waals surface area contributed by atoms with Crippen LogP contribution in [0.2, 0.25) is 0 Å². The minimum Gasteiger partial charge on any atom is -0.463 e. The first-order valence-corrected chi connectivity index (χ1v) is 28.1. The summed E-state index contributed by atoms with van der Waals surface area (Å²) in [6.07, 6.45) is 44.7. The molecule has 0 aliphatic carbocycles. The Labute approximate surface area is 367 Å². The lowest BCUT2D eigenvalue weighted by atomic mass is 10.1. The lowest BCUT2D eigenvalue weighted by Crippen LogP contribution is -2.10. The summed E-state index contributed by atoms with van der Waals surface area (Å²) in [7, 11) is 0. The van der Waals surface area contributed by atoms with E-state index in [2.05, 4.69) is 35.7 Å². The standard InChI is InChI=1S/C48H93N3O3S3/c1-4-7-10-13-16-19-22-25-28-31-40-55-43-34-37-52-46-49-47(53-38-35-44-56-41-32-29-26-23-20-17-14-11-8-5-2)51-48(50-46)54-39-36-45-57-42-33-30-27-24-21-18-15-12-9-6-3/h4-45H2,1-3H3. The molecule has 0 unspecified atom stereocenters. The molecule has 0 spiro atoms. The van der Waals surface area contributed by atoms with Crippen molar-refractivity contribution in [3.05, 3.63) is 0 Å². The van der Waals surface area contributed by atoms with Crippen LogP contribution >= 0.6 is 35.3 Å². The molecule has 9 heteroatoms. The highest BCUT2D eigenvalue weighted by molar-refractivity contribution is 7.99. The predicted molar refractivity (Wildman–Crippen MR) is 258 cm³/mol. The Bertz CT molecular complexity index is 806. The Balaban J connectivity index is 2.27. The molecule has 0 bridgehead atoms. The van der Waals surface area contributed by atoms with Gasteiger partial charge >= 0.3 is 18.0 Å². The molecule has 0 atom stereocenters. The van der Waals surface area contributed by atoms with Gasteiger partial charge in [0.25, 0.3) is 0 Å². The molecule has 1 rings (SSSR count). The Kier molecular flexibility index (Phi) is 44.5. The highest BCUT2D eigenvalue weighted by atomic mass is 32.2. The van der Waals surface area contributed by atoms with Crippen LogP contribution in [0.4, 0.5) is 0 Å². The zero-order chi connectivity index (χ0) is 40.8. The van der Waals surface area contributed by atoms with Crippen LogP contribution in [0.15, 0.2) is 0 Å². The number of aromatic nitrogens is 3. The second-order valence-corrected chi connectivity index (χ2v) is 19.8. The van der Waals surface area contributed by atoms with Crippen LogP contribution in [-0.2, 0) is 0 Å². The maximum Gasteiger partial charge on any atom is 0.325 e. The first-order valence-electron chi connectivity index (χ1n) is 24.7. The molecule has 1 heterocycles. The molecule has 1 aromatic heterocycles. The Morgan fingerprint density at radius 1 is 0.263 bits per heavy atom. The number of unbranched alkanes of at least 4 members (excludes halogenated alkanes) is 27. The van der Waals surface area contributed by atoms with Gasteiger partial charge in [-0.2, -0.15) is 35.3 Å². The largest absolute Gasteiger partial charge is 0.463 e. The lowest BCUT2D eigenvalue weighted by Gasteiger charge is -2.10. The summed E-state index contributed by atoms with van der Waals surface area (Å²) < 4.78 is 18.0. The van der Waals surface area contributed by atoms with Gasteiger partial charge in [0.05, 0.1) is 19.8 Å². The summed E-state index contributed by atoms with van der Waals surface area (Å²) in [5.41, 5.74) is 0. The first kappa shape index (κ1) is 54.5. The fourth-order valence-corrected chi connectivity index (χ4v) is 9.67. The number of nitrogens with zero attached hydrogens (tertiary/aromatic N) is 3. The zero-order valence-corrected chi connectivity index (χ0v) is 40.4. The van der Waals surface area contributed by atoms with E-state index in [-0.39, 0.29) is 0 Å². The zero-order valence-electron chi connectivity index (χ0n) is 38.0. The summed E-state index contributed by atoms with van der Waals surface area (Å²) in [6.45, 7) is 8.66. The van der Waals surface area contributed by atoms with Crippen molar-refractivity contribution in [3.8, 4) is 18.0 Å². The normalized spacial score (nSPS) is 11.4. The molecule has 0 amide bonds. The SMILES string of the molecule is CCCCCCCCCCCCSCCCOc1nc(OCCCSCCCCCCCCCCCC)nc(OCCCSCCCCCCCCCCCC)n1. The summed E-state index contributed by atoms with van der Waals surface area (Å²) in [5.74, 6) is 7.03. The third-order valence-corrected chi connectivity index (χ3v) is 14.0. The second-order valence-electron chi connectivity index (χ2n) is 16.2. The van der Waals surface area contributed by atoms with Gasteiger partial charge in [0, 0.05) is 0 Å². The molecule has 0 saturated carbocycles. The molecule has 0 fully saturated rings. The number of hydrogen-bond acceptors (Lipinski definition) is 9. The maximum absolute atomic E-state index is 6.01. The minimum absolute atomic E-state index is 0.320. The van der Waals surface area contributed by atoms with Gasteiger partial charge in [-0.15, -0.1) is 15.0 Å². The van der Waals surface area contributed by atoms with Gasteiger partial charge in [-0.1, -0.05) is 194 Å². The highest BCUT2D eigenvalue weighted by Crippen LogP contribution is 2.19. The number of hydrogen-bond donors (Lipinski definition) is 0. The predicted octanol–water partition coefficient (Wildman–Crippen LogP) is 16.1. The van der Waals surface area contributed by atoms with E-state index in [4.69, 9.17) is 14.2 Å². The van der Waals surface area contributed by atoms with Gasteiger partial charge in [0.1, 0.15) is 0 Å². The molecular weight excluding hydrogens is 763 g/mol. The molecule has 0 N–H and O–H groups in total. The lowest BCUT2D eigenvalue weighted by molar-refractivity contribution is 0.236. The van der Waals surface area contributed by atoms with Crippen LogP contribution in [-0.4, -0.2) is 69.3 Å². The van der Waals surface area contributed by atoms with Crippen molar-refractivity contribution in [2.24, 2.45) is 0 Å². The molecule has 336 valence electrons. The number of rotatable bonds is 48. The van der Waals surface area contributed by atoms with Crippen molar-refractivity contribution in [3.63, 3.8) is 0 Å². The monoisotopic (exact) mass is 856 g/mol. The average molecular weight is 856 g/mol. The smallest absolute Gasteiger partial charge is 0.325 e. The second kappa shape index (κ2) is 46.5. The first-order chi connectivity index (χ1) is 28.3. The molecule has 0 saturated heterocycles. The topological polar surface area (TPSA) is 66.4 Å². The Morgan fingerprint density at radius 2 is 0.456 bits per heavy atom. The van der Waals surface area contributed by atoms with Crippen LogP contribution in [0.1, 0.15) is 233 Å². The summed E-state index contributed by atoms with van der Waals surface area (Å²) in [5, 5.41) is 0. The fraction of sp³-hybridized carbons (Fsp3) is 0.938. The van der Waals surface area contributed by atoms with E-state index < -0.39 is 0 Å². The summed E-state index contributed by atoms with van der Waals surface area (Å²) in [6, 6.07) is 0.959. The van der Waals surface area contributed by atoms with Gasteiger partial charge in [-0.3, -0.25) is 0 Å². The average Bonchev–Trinajstić information content (AvgIpc) is 3.22. The van der Waals surface area contributed by atoms with Crippen LogP contribution in [0.25, 0.3) is 0 Å².